The van der Waals surface area contributed by atoms with Crippen molar-refractivity contribution in [2.24, 2.45) is 0 Å². The van der Waals surface area contributed by atoms with E-state index in [-0.39, 0.29) is 6.10 Å². The number of fused-ring (bicyclic) bond motifs is 1. The van der Waals surface area contributed by atoms with E-state index in [9.17, 15) is 9.90 Å². The molecule has 1 aromatic rings. The molecule has 0 bridgehead atoms. The summed E-state index contributed by atoms with van der Waals surface area (Å²) in [6.45, 7) is 5.89. The van der Waals surface area contributed by atoms with Crippen molar-refractivity contribution < 1.29 is 19.4 Å². The summed E-state index contributed by atoms with van der Waals surface area (Å²) in [7, 11) is 3.43. The van der Waals surface area contributed by atoms with Gasteiger partial charge in [0.2, 0.25) is 0 Å². The topological polar surface area (TPSA) is 59.0 Å². The molecular weight excluding hydrogens is 270 g/mol. The fourth-order valence-corrected chi connectivity index (χ4v) is 2.41. The normalized spacial score (nSPS) is 17.5. The molecule has 1 atom stereocenters. The number of methoxy groups -OCH3 is 1. The molecule has 5 heteroatoms. The molecule has 1 aliphatic rings. The number of hydrogen-bond acceptors (Lipinski definition) is 4. The van der Waals surface area contributed by atoms with E-state index in [2.05, 4.69) is 0 Å². The maximum Gasteiger partial charge on any atom is 0.323 e. The van der Waals surface area contributed by atoms with Crippen LogP contribution in [0.5, 0.6) is 11.5 Å². The number of likely N-dealkylation sites (N-methyl/N-ethyl adjacent to an activating group) is 1. The Kier molecular flexibility index (Phi) is 4.14. The van der Waals surface area contributed by atoms with Crippen molar-refractivity contribution in [3.05, 3.63) is 23.3 Å². The highest BCUT2D eigenvalue weighted by Crippen LogP contribution is 2.36. The largest absolute Gasteiger partial charge is 0.496 e. The van der Waals surface area contributed by atoms with Gasteiger partial charge in [-0.2, -0.15) is 0 Å². The molecule has 1 heterocycles. The lowest BCUT2D eigenvalue weighted by molar-refractivity contribution is -0.148. The van der Waals surface area contributed by atoms with Gasteiger partial charge >= 0.3 is 5.97 Å². The Morgan fingerprint density at radius 3 is 2.76 bits per heavy atom. The van der Waals surface area contributed by atoms with Crippen LogP contribution in [0.1, 0.15) is 31.9 Å². The van der Waals surface area contributed by atoms with E-state index in [0.29, 0.717) is 6.54 Å². The van der Waals surface area contributed by atoms with Gasteiger partial charge in [0.15, 0.2) is 0 Å². The van der Waals surface area contributed by atoms with Crippen molar-refractivity contribution >= 4 is 5.97 Å². The van der Waals surface area contributed by atoms with E-state index >= 15 is 0 Å². The highest BCUT2D eigenvalue weighted by atomic mass is 16.5. The lowest BCUT2D eigenvalue weighted by atomic mass is 10.0. The average molecular weight is 293 g/mol. The van der Waals surface area contributed by atoms with Crippen LogP contribution < -0.4 is 9.47 Å². The van der Waals surface area contributed by atoms with Crippen LogP contribution in [-0.4, -0.2) is 41.8 Å². The smallest absolute Gasteiger partial charge is 0.323 e. The number of carboxylic acid groups (broad SMARTS) is 1. The quantitative estimate of drug-likeness (QED) is 0.903. The zero-order valence-corrected chi connectivity index (χ0v) is 13.3. The van der Waals surface area contributed by atoms with Crippen LogP contribution in [-0.2, 0) is 17.8 Å². The van der Waals surface area contributed by atoms with Gasteiger partial charge in [-0.15, -0.1) is 0 Å². The molecule has 2 rings (SSSR count). The van der Waals surface area contributed by atoms with Crippen LogP contribution in [0, 0.1) is 0 Å². The number of hydrogen-bond donors (Lipinski definition) is 1. The number of nitrogens with zero attached hydrogens (tertiary/aromatic N) is 1. The lowest BCUT2D eigenvalue weighted by Gasteiger charge is -2.31. The molecule has 0 saturated heterocycles. The van der Waals surface area contributed by atoms with Gasteiger partial charge in [0.05, 0.1) is 7.11 Å². The maximum atomic E-state index is 11.3. The fraction of sp³-hybridized carbons (Fsp3) is 0.562. The molecular formula is C16H23NO4. The predicted octanol–water partition coefficient (Wildman–Crippen LogP) is 2.31. The van der Waals surface area contributed by atoms with Gasteiger partial charge in [-0.3, -0.25) is 9.69 Å². The molecule has 5 nitrogen and oxygen atoms in total. The summed E-state index contributed by atoms with van der Waals surface area (Å²) in [6, 6.07) is 3.96. The summed E-state index contributed by atoms with van der Waals surface area (Å²) in [6.07, 6.45) is 1.05. The van der Waals surface area contributed by atoms with Crippen molar-refractivity contribution in [3.8, 4) is 11.5 Å². The zero-order valence-electron chi connectivity index (χ0n) is 13.3. The Hall–Kier alpha value is -1.75. The van der Waals surface area contributed by atoms with Crippen molar-refractivity contribution in [1.82, 2.24) is 4.90 Å². The standard InChI is InChI=1S/C16H23NO4/c1-10-6-11-7-13(20-5)12(8-14(11)21-10)9-17(4)16(2,3)15(18)19/h7-8,10H,6,9H2,1-5H3,(H,18,19). The first-order valence-corrected chi connectivity index (χ1v) is 7.06. The Labute approximate surface area is 125 Å². The third-order valence-electron chi connectivity index (χ3n) is 4.18. The van der Waals surface area contributed by atoms with Crippen LogP contribution in [0.3, 0.4) is 0 Å². The Morgan fingerprint density at radius 1 is 1.52 bits per heavy atom. The maximum absolute atomic E-state index is 11.3. The second-order valence-electron chi connectivity index (χ2n) is 6.12. The molecule has 0 aliphatic carbocycles. The number of rotatable bonds is 5. The van der Waals surface area contributed by atoms with E-state index in [1.165, 1.54) is 0 Å². The molecule has 1 unspecified atom stereocenters. The minimum Gasteiger partial charge on any atom is -0.496 e. The molecule has 0 saturated carbocycles. The Balaban J connectivity index is 2.28. The van der Waals surface area contributed by atoms with Crippen LogP contribution in [0.25, 0.3) is 0 Å². The monoisotopic (exact) mass is 293 g/mol. The SMILES string of the molecule is COc1cc2c(cc1CN(C)C(C)(C)C(=O)O)OC(C)C2. The number of carbonyl (C=O) groups is 1. The number of ether oxygens (including phenoxy) is 2. The van der Waals surface area contributed by atoms with Crippen LogP contribution in [0.2, 0.25) is 0 Å². The molecule has 0 radical (unpaired) electrons. The number of aliphatic carboxylic acids is 1. The second-order valence-corrected chi connectivity index (χ2v) is 6.12. The summed E-state index contributed by atoms with van der Waals surface area (Å²) in [5.74, 6) is 0.800. The molecule has 1 N–H and O–H groups in total. The first-order valence-electron chi connectivity index (χ1n) is 7.06. The highest BCUT2D eigenvalue weighted by molar-refractivity contribution is 5.77. The summed E-state index contributed by atoms with van der Waals surface area (Å²) in [5.41, 5.74) is 1.13. The fourth-order valence-electron chi connectivity index (χ4n) is 2.41. The van der Waals surface area contributed by atoms with E-state index in [0.717, 1.165) is 29.0 Å². The minimum absolute atomic E-state index is 0.174. The third kappa shape index (κ3) is 2.97. The summed E-state index contributed by atoms with van der Waals surface area (Å²) in [5, 5.41) is 9.31. The molecule has 0 amide bonds. The zero-order chi connectivity index (χ0) is 15.8. The van der Waals surface area contributed by atoms with Crippen LogP contribution in [0.4, 0.5) is 0 Å². The molecule has 0 fully saturated rings. The Morgan fingerprint density at radius 2 is 2.19 bits per heavy atom. The van der Waals surface area contributed by atoms with Gasteiger partial charge in [-0.1, -0.05) is 0 Å². The highest BCUT2D eigenvalue weighted by Gasteiger charge is 2.33. The van der Waals surface area contributed by atoms with Gasteiger partial charge in [-0.05, 0) is 40.0 Å². The van der Waals surface area contributed by atoms with Crippen molar-refractivity contribution in [2.45, 2.75) is 45.4 Å². The van der Waals surface area contributed by atoms with Gasteiger partial charge in [0.1, 0.15) is 23.1 Å². The molecule has 0 spiro atoms. The number of benzene rings is 1. The van der Waals surface area contributed by atoms with E-state index in [4.69, 9.17) is 9.47 Å². The van der Waals surface area contributed by atoms with Crippen molar-refractivity contribution in [1.29, 1.82) is 0 Å². The summed E-state index contributed by atoms with van der Waals surface area (Å²) < 4.78 is 11.2. The average Bonchev–Trinajstić information content (AvgIpc) is 2.76. The molecule has 21 heavy (non-hydrogen) atoms. The predicted molar refractivity (Wildman–Crippen MR) is 80.0 cm³/mol. The van der Waals surface area contributed by atoms with Gasteiger partial charge in [0, 0.05) is 24.1 Å². The van der Waals surface area contributed by atoms with Crippen LogP contribution in [0.15, 0.2) is 12.1 Å². The van der Waals surface area contributed by atoms with Gasteiger partial charge in [0.25, 0.3) is 0 Å². The first kappa shape index (κ1) is 15.6. The van der Waals surface area contributed by atoms with Crippen molar-refractivity contribution in [2.75, 3.05) is 14.2 Å². The Bertz CT molecular complexity index is 553. The van der Waals surface area contributed by atoms with Crippen LogP contribution >= 0.6 is 0 Å². The van der Waals surface area contributed by atoms with Gasteiger partial charge < -0.3 is 14.6 Å². The van der Waals surface area contributed by atoms with E-state index in [1.807, 2.05) is 19.1 Å². The van der Waals surface area contributed by atoms with E-state index < -0.39 is 11.5 Å². The lowest BCUT2D eigenvalue weighted by Crippen LogP contribution is -2.47. The number of carboxylic acids is 1. The minimum atomic E-state index is -0.946. The van der Waals surface area contributed by atoms with Gasteiger partial charge in [-0.25, -0.2) is 0 Å². The summed E-state index contributed by atoms with van der Waals surface area (Å²) >= 11 is 0. The summed E-state index contributed by atoms with van der Waals surface area (Å²) in [4.78, 5) is 13.1. The van der Waals surface area contributed by atoms with E-state index in [1.54, 1.807) is 32.9 Å². The molecule has 116 valence electrons. The molecule has 1 aliphatic heterocycles. The van der Waals surface area contributed by atoms with Crippen molar-refractivity contribution in [3.63, 3.8) is 0 Å². The molecule has 0 aromatic heterocycles. The second kappa shape index (κ2) is 5.56. The first-order chi connectivity index (χ1) is 9.75. The third-order valence-corrected chi connectivity index (χ3v) is 4.18. The molecule has 1 aromatic carbocycles.